The highest BCUT2D eigenvalue weighted by Gasteiger charge is 1.99. The van der Waals surface area contributed by atoms with Crippen molar-refractivity contribution in [1.82, 2.24) is 0 Å². The van der Waals surface area contributed by atoms with Crippen LogP contribution >= 0.6 is 41.5 Å². The second-order valence-electron chi connectivity index (χ2n) is 0.558. The predicted octanol–water partition coefficient (Wildman–Crippen LogP) is 2.57. The summed E-state index contributed by atoms with van der Waals surface area (Å²) < 4.78 is 4.89. The van der Waals surface area contributed by atoms with Crippen LogP contribution in [0.2, 0.25) is 0 Å². The Bertz CT molecular complexity index is 23.0. The number of rotatable bonds is 0. The normalized spacial score (nSPS) is 24.0. The van der Waals surface area contributed by atoms with Gasteiger partial charge in [0.1, 0.15) is 5.94 Å². The maximum atomic E-state index is 4.89. The molecule has 1 aliphatic heterocycles. The average molecular weight is 158 g/mol. The minimum Gasteiger partial charge on any atom is -0.293 e. The van der Waals surface area contributed by atoms with Crippen molar-refractivity contribution in [2.75, 3.05) is 5.94 Å². The highest BCUT2D eigenvalue weighted by Crippen LogP contribution is 2.48. The molecule has 6 heavy (non-hydrogen) atoms. The van der Waals surface area contributed by atoms with Gasteiger partial charge in [-0.05, 0) is 9.83 Å². The zero-order valence-electron chi connectivity index (χ0n) is 2.75. The number of hydrogen-bond acceptors (Lipinski definition) is 5. The van der Waals surface area contributed by atoms with Crippen molar-refractivity contribution in [3.8, 4) is 0 Å². The standard InChI is InChI=1S/CH2OS4/c1-2-4-6-5-3-1/h1H2. The van der Waals surface area contributed by atoms with Crippen LogP contribution in [0, 0.1) is 0 Å². The molecule has 0 radical (unpaired) electrons. The molecule has 1 saturated heterocycles. The van der Waals surface area contributed by atoms with Crippen molar-refractivity contribution in [2.45, 2.75) is 0 Å². The lowest BCUT2D eigenvalue weighted by Gasteiger charge is -2.03. The van der Waals surface area contributed by atoms with Gasteiger partial charge in [0, 0.05) is 9.83 Å². The van der Waals surface area contributed by atoms with E-state index in [1.54, 1.807) is 30.4 Å². The van der Waals surface area contributed by atoms with Gasteiger partial charge in [0.15, 0.2) is 0 Å². The average Bonchev–Trinajstić information content (AvgIpc) is 1.72. The Morgan fingerprint density at radius 1 is 1.33 bits per heavy atom. The molecule has 0 aliphatic carbocycles. The monoisotopic (exact) mass is 158 g/mol. The molecule has 0 aromatic rings. The van der Waals surface area contributed by atoms with E-state index >= 15 is 0 Å². The molecule has 1 fully saturated rings. The number of hydrogen-bond donors (Lipinski definition) is 0. The molecule has 0 saturated carbocycles. The maximum absolute atomic E-state index is 4.89. The molecule has 0 atom stereocenters. The molecular weight excluding hydrogens is 156 g/mol. The lowest BCUT2D eigenvalue weighted by Crippen LogP contribution is -1.74. The van der Waals surface area contributed by atoms with Crippen LogP contribution in [0.4, 0.5) is 0 Å². The molecule has 1 nitrogen and oxygen atoms in total. The van der Waals surface area contributed by atoms with E-state index in [4.69, 9.17) is 4.18 Å². The summed E-state index contributed by atoms with van der Waals surface area (Å²) in [6, 6.07) is 0. The predicted molar refractivity (Wildman–Crippen MR) is 36.3 cm³/mol. The van der Waals surface area contributed by atoms with E-state index in [1.165, 1.54) is 11.1 Å². The van der Waals surface area contributed by atoms with Crippen LogP contribution in [0.5, 0.6) is 0 Å². The van der Waals surface area contributed by atoms with Crippen LogP contribution in [0.15, 0.2) is 0 Å². The van der Waals surface area contributed by atoms with Gasteiger partial charge in [0.25, 0.3) is 0 Å². The summed E-state index contributed by atoms with van der Waals surface area (Å²) in [6.45, 7) is 0. The van der Waals surface area contributed by atoms with Crippen LogP contribution in [0.3, 0.4) is 0 Å². The van der Waals surface area contributed by atoms with E-state index in [1.807, 2.05) is 0 Å². The topological polar surface area (TPSA) is 9.23 Å². The molecule has 0 aromatic heterocycles. The molecule has 1 rings (SSSR count). The SMILES string of the molecule is C1OSSSS1. The molecular formula is CH2OS4. The molecule has 1 heterocycles. The van der Waals surface area contributed by atoms with E-state index in [0.717, 1.165) is 5.94 Å². The van der Waals surface area contributed by atoms with Crippen molar-refractivity contribution in [3.63, 3.8) is 0 Å². The summed E-state index contributed by atoms with van der Waals surface area (Å²) in [5, 5.41) is 0. The van der Waals surface area contributed by atoms with Crippen LogP contribution in [0.25, 0.3) is 0 Å². The van der Waals surface area contributed by atoms with Gasteiger partial charge < -0.3 is 0 Å². The van der Waals surface area contributed by atoms with Crippen molar-refractivity contribution >= 4 is 41.5 Å². The van der Waals surface area contributed by atoms with Crippen LogP contribution in [-0.2, 0) is 4.18 Å². The first-order chi connectivity index (χ1) is 3.00. The molecule has 0 unspecified atom stereocenters. The summed E-state index contributed by atoms with van der Waals surface area (Å²) in [6.07, 6.45) is 0. The minimum absolute atomic E-state index is 0.822. The second-order valence-corrected chi connectivity index (χ2v) is 6.05. The van der Waals surface area contributed by atoms with Crippen molar-refractivity contribution < 1.29 is 4.18 Å². The minimum atomic E-state index is 0.822. The lowest BCUT2D eigenvalue weighted by atomic mass is 11.7. The first-order valence-electron chi connectivity index (χ1n) is 1.24. The first-order valence-corrected chi connectivity index (χ1v) is 6.15. The Morgan fingerprint density at radius 2 is 2.33 bits per heavy atom. The molecule has 0 aromatic carbocycles. The quantitative estimate of drug-likeness (QED) is 0.394. The summed E-state index contributed by atoms with van der Waals surface area (Å²) in [7, 11) is 5.17. The van der Waals surface area contributed by atoms with Crippen LogP contribution < -0.4 is 0 Å². The Labute approximate surface area is 51.7 Å². The third-order valence-corrected chi connectivity index (χ3v) is 5.60. The molecule has 0 spiro atoms. The molecule has 36 valence electrons. The summed E-state index contributed by atoms with van der Waals surface area (Å²) >= 11 is 1.45. The van der Waals surface area contributed by atoms with E-state index in [-0.39, 0.29) is 0 Å². The van der Waals surface area contributed by atoms with Gasteiger partial charge in [0.05, 0.1) is 11.1 Å². The first kappa shape index (κ1) is 5.50. The smallest absolute Gasteiger partial charge is 0.119 e. The Morgan fingerprint density at radius 3 is 2.50 bits per heavy atom. The highest BCUT2D eigenvalue weighted by atomic mass is 33.7. The van der Waals surface area contributed by atoms with Gasteiger partial charge >= 0.3 is 0 Å². The summed E-state index contributed by atoms with van der Waals surface area (Å²) in [5.41, 5.74) is 0. The maximum Gasteiger partial charge on any atom is 0.119 e. The molecule has 1 aliphatic rings. The lowest BCUT2D eigenvalue weighted by molar-refractivity contribution is 0.473. The third kappa shape index (κ3) is 1.88. The van der Waals surface area contributed by atoms with Gasteiger partial charge in [-0.3, -0.25) is 4.18 Å². The zero-order chi connectivity index (χ0) is 4.24. The summed E-state index contributed by atoms with van der Waals surface area (Å²) in [4.78, 5) is 0. The second kappa shape index (κ2) is 3.37. The van der Waals surface area contributed by atoms with Gasteiger partial charge in [-0.15, -0.1) is 0 Å². The van der Waals surface area contributed by atoms with Crippen molar-refractivity contribution in [3.05, 3.63) is 0 Å². The van der Waals surface area contributed by atoms with Gasteiger partial charge in [-0.2, -0.15) is 0 Å². The zero-order valence-corrected chi connectivity index (χ0v) is 6.01. The van der Waals surface area contributed by atoms with E-state index in [0.29, 0.717) is 0 Å². The summed E-state index contributed by atoms with van der Waals surface area (Å²) in [5.74, 6) is 0.822. The highest BCUT2D eigenvalue weighted by molar-refractivity contribution is 9.26. The Hall–Kier alpha value is 1.36. The van der Waals surface area contributed by atoms with E-state index in [2.05, 4.69) is 0 Å². The van der Waals surface area contributed by atoms with Crippen LogP contribution in [-0.4, -0.2) is 5.94 Å². The van der Waals surface area contributed by atoms with Gasteiger partial charge in [-0.25, -0.2) is 0 Å². The fourth-order valence-electron chi connectivity index (χ4n) is 0.110. The Balaban J connectivity index is 2.00. The fourth-order valence-corrected chi connectivity index (χ4v) is 4.63. The third-order valence-electron chi connectivity index (χ3n) is 0.248. The van der Waals surface area contributed by atoms with Crippen molar-refractivity contribution in [2.24, 2.45) is 0 Å². The van der Waals surface area contributed by atoms with Gasteiger partial charge in [0.2, 0.25) is 0 Å². The van der Waals surface area contributed by atoms with Crippen molar-refractivity contribution in [1.29, 1.82) is 0 Å². The van der Waals surface area contributed by atoms with E-state index in [9.17, 15) is 0 Å². The molecule has 0 amide bonds. The molecule has 0 N–H and O–H groups in total. The fraction of sp³-hybridized carbons (Fsp3) is 1.00. The Kier molecular flexibility index (Phi) is 3.09. The van der Waals surface area contributed by atoms with E-state index < -0.39 is 0 Å². The molecule has 5 heteroatoms. The molecule has 0 bridgehead atoms. The van der Waals surface area contributed by atoms with Crippen LogP contribution in [0.1, 0.15) is 0 Å². The largest absolute Gasteiger partial charge is 0.293 e. The van der Waals surface area contributed by atoms with Gasteiger partial charge in [-0.1, -0.05) is 10.8 Å².